The van der Waals surface area contributed by atoms with Gasteiger partial charge in [0, 0.05) is 18.5 Å². The molecule has 0 saturated carbocycles. The largest absolute Gasteiger partial charge is 0.369 e. The highest BCUT2D eigenvalue weighted by molar-refractivity contribution is 14.1. The van der Waals surface area contributed by atoms with E-state index in [0.29, 0.717) is 0 Å². The molecule has 3 nitrogen and oxygen atoms in total. The van der Waals surface area contributed by atoms with Gasteiger partial charge in [0.2, 0.25) is 0 Å². The molecule has 1 N–H and O–H groups in total. The molecule has 1 aromatic carbocycles. The van der Waals surface area contributed by atoms with E-state index < -0.39 is 0 Å². The van der Waals surface area contributed by atoms with Gasteiger partial charge in [-0.2, -0.15) is 0 Å². The van der Waals surface area contributed by atoms with Crippen LogP contribution >= 0.6 is 22.6 Å². The molecule has 4 heteroatoms. The Bertz CT molecular complexity index is 541. The Balaban J connectivity index is 2.47. The van der Waals surface area contributed by atoms with Gasteiger partial charge in [0.05, 0.1) is 9.26 Å². The van der Waals surface area contributed by atoms with Gasteiger partial charge in [-0.25, -0.2) is 9.97 Å². The van der Waals surface area contributed by atoms with Crippen LogP contribution in [0.5, 0.6) is 0 Å². The first-order valence-corrected chi connectivity index (χ1v) is 7.69. The van der Waals surface area contributed by atoms with Gasteiger partial charge in [-0.1, -0.05) is 44.2 Å². The van der Waals surface area contributed by atoms with Crippen LogP contribution in [0.4, 0.5) is 5.82 Å². The van der Waals surface area contributed by atoms with Crippen molar-refractivity contribution >= 4 is 28.4 Å². The lowest BCUT2D eigenvalue weighted by Gasteiger charge is -2.12. The fourth-order valence-corrected chi connectivity index (χ4v) is 2.54. The first-order valence-electron chi connectivity index (χ1n) is 6.62. The maximum Gasteiger partial charge on any atom is 0.143 e. The Labute approximate surface area is 128 Å². The molecule has 2 rings (SSSR count). The number of benzene rings is 1. The standard InChI is InChI=1S/C15H18IN3/c1-3-10-17-15-13(16)14(18-12(4-2)19-15)11-8-6-5-7-9-11/h5-9H,3-4,10H2,1-2H3,(H,17,18,19). The molecule has 0 amide bonds. The normalized spacial score (nSPS) is 10.5. The fraction of sp³-hybridized carbons (Fsp3) is 0.333. The molecule has 0 fully saturated rings. The first-order chi connectivity index (χ1) is 9.26. The minimum atomic E-state index is 0.845. The number of anilines is 1. The third kappa shape index (κ3) is 3.43. The quantitative estimate of drug-likeness (QED) is 0.808. The molecule has 0 radical (unpaired) electrons. The Hall–Kier alpha value is -1.17. The summed E-state index contributed by atoms with van der Waals surface area (Å²) in [6.07, 6.45) is 1.93. The summed E-state index contributed by atoms with van der Waals surface area (Å²) in [5.74, 6) is 1.84. The van der Waals surface area contributed by atoms with E-state index in [1.165, 1.54) is 0 Å². The highest BCUT2D eigenvalue weighted by atomic mass is 127. The van der Waals surface area contributed by atoms with Crippen LogP contribution in [0.15, 0.2) is 30.3 Å². The van der Waals surface area contributed by atoms with E-state index in [-0.39, 0.29) is 0 Å². The highest BCUT2D eigenvalue weighted by Gasteiger charge is 2.12. The van der Waals surface area contributed by atoms with Crippen molar-refractivity contribution < 1.29 is 0 Å². The van der Waals surface area contributed by atoms with Crippen LogP contribution in [-0.4, -0.2) is 16.5 Å². The minimum Gasteiger partial charge on any atom is -0.369 e. The second kappa shape index (κ2) is 6.84. The van der Waals surface area contributed by atoms with Gasteiger partial charge in [0.25, 0.3) is 0 Å². The van der Waals surface area contributed by atoms with Gasteiger partial charge in [0.15, 0.2) is 0 Å². The zero-order valence-electron chi connectivity index (χ0n) is 11.3. The van der Waals surface area contributed by atoms with Crippen LogP contribution in [0.25, 0.3) is 11.3 Å². The van der Waals surface area contributed by atoms with Gasteiger partial charge in [-0.05, 0) is 29.0 Å². The van der Waals surface area contributed by atoms with Crippen molar-refractivity contribution in [1.29, 1.82) is 0 Å². The van der Waals surface area contributed by atoms with Gasteiger partial charge < -0.3 is 5.32 Å². The zero-order valence-corrected chi connectivity index (χ0v) is 13.4. The maximum absolute atomic E-state index is 4.67. The van der Waals surface area contributed by atoms with Crippen molar-refractivity contribution in [1.82, 2.24) is 9.97 Å². The highest BCUT2D eigenvalue weighted by Crippen LogP contribution is 2.28. The average molecular weight is 367 g/mol. The third-order valence-electron chi connectivity index (χ3n) is 2.80. The van der Waals surface area contributed by atoms with E-state index in [1.54, 1.807) is 0 Å². The van der Waals surface area contributed by atoms with E-state index in [1.807, 2.05) is 18.2 Å². The van der Waals surface area contributed by atoms with Crippen molar-refractivity contribution in [3.8, 4) is 11.3 Å². The molecule has 1 aromatic heterocycles. The molecule has 100 valence electrons. The molecule has 0 aliphatic heterocycles. The van der Waals surface area contributed by atoms with E-state index >= 15 is 0 Å². The van der Waals surface area contributed by atoms with E-state index in [2.05, 4.69) is 63.9 Å². The molecule has 2 aromatic rings. The number of aromatic nitrogens is 2. The minimum absolute atomic E-state index is 0.845. The molecule has 0 aliphatic carbocycles. The van der Waals surface area contributed by atoms with E-state index in [4.69, 9.17) is 0 Å². The summed E-state index contributed by atoms with van der Waals surface area (Å²) >= 11 is 2.33. The monoisotopic (exact) mass is 367 g/mol. The molecular weight excluding hydrogens is 349 g/mol. The summed E-state index contributed by atoms with van der Waals surface area (Å²) in [7, 11) is 0. The van der Waals surface area contributed by atoms with Crippen molar-refractivity contribution in [2.75, 3.05) is 11.9 Å². The zero-order chi connectivity index (χ0) is 13.7. The SMILES string of the molecule is CCCNc1nc(CC)nc(-c2ccccc2)c1I. The van der Waals surface area contributed by atoms with Crippen molar-refractivity contribution in [2.45, 2.75) is 26.7 Å². The topological polar surface area (TPSA) is 37.8 Å². The molecular formula is C15H18IN3. The van der Waals surface area contributed by atoms with Crippen molar-refractivity contribution in [3.05, 3.63) is 39.7 Å². The Morgan fingerprint density at radius 3 is 2.47 bits per heavy atom. The smallest absolute Gasteiger partial charge is 0.143 e. The fourth-order valence-electron chi connectivity index (χ4n) is 1.80. The molecule has 0 spiro atoms. The molecule has 1 heterocycles. The number of hydrogen-bond donors (Lipinski definition) is 1. The molecule has 0 aliphatic rings. The summed E-state index contributed by atoms with van der Waals surface area (Å²) in [6, 6.07) is 10.3. The Kier molecular flexibility index (Phi) is 5.13. The number of halogens is 1. The molecule has 0 atom stereocenters. The van der Waals surface area contributed by atoms with Crippen LogP contribution in [0.2, 0.25) is 0 Å². The third-order valence-corrected chi connectivity index (χ3v) is 3.83. The molecule has 19 heavy (non-hydrogen) atoms. The molecule has 0 unspecified atom stereocenters. The number of aryl methyl sites for hydroxylation is 1. The van der Waals surface area contributed by atoms with Crippen LogP contribution in [0.3, 0.4) is 0 Å². The predicted molar refractivity (Wildman–Crippen MR) is 88.3 cm³/mol. The van der Waals surface area contributed by atoms with Gasteiger partial charge in [-0.3, -0.25) is 0 Å². The lowest BCUT2D eigenvalue weighted by Crippen LogP contribution is -2.08. The second-order valence-electron chi connectivity index (χ2n) is 4.30. The van der Waals surface area contributed by atoms with Crippen LogP contribution in [0, 0.1) is 3.57 Å². The van der Waals surface area contributed by atoms with Gasteiger partial charge in [-0.15, -0.1) is 0 Å². The average Bonchev–Trinajstić information content (AvgIpc) is 2.47. The number of nitrogens with one attached hydrogen (secondary N) is 1. The van der Waals surface area contributed by atoms with Crippen molar-refractivity contribution in [3.63, 3.8) is 0 Å². The summed E-state index contributed by atoms with van der Waals surface area (Å²) in [4.78, 5) is 9.26. The number of nitrogens with zero attached hydrogens (tertiary/aromatic N) is 2. The predicted octanol–water partition coefficient (Wildman–Crippen LogP) is 4.13. The van der Waals surface area contributed by atoms with Crippen molar-refractivity contribution in [2.24, 2.45) is 0 Å². The summed E-state index contributed by atoms with van der Waals surface area (Å²) in [5.41, 5.74) is 2.16. The molecule has 0 saturated heterocycles. The number of hydrogen-bond acceptors (Lipinski definition) is 3. The van der Waals surface area contributed by atoms with E-state index in [0.717, 1.165) is 45.9 Å². The Morgan fingerprint density at radius 1 is 1.11 bits per heavy atom. The van der Waals surface area contributed by atoms with Gasteiger partial charge in [0.1, 0.15) is 11.6 Å². The molecule has 0 bridgehead atoms. The summed E-state index contributed by atoms with van der Waals surface area (Å²) < 4.78 is 1.09. The lowest BCUT2D eigenvalue weighted by atomic mass is 10.1. The summed E-state index contributed by atoms with van der Waals surface area (Å²) in [5, 5.41) is 3.39. The lowest BCUT2D eigenvalue weighted by molar-refractivity contribution is 0.914. The van der Waals surface area contributed by atoms with Crippen LogP contribution in [-0.2, 0) is 6.42 Å². The van der Waals surface area contributed by atoms with Crippen LogP contribution < -0.4 is 5.32 Å². The van der Waals surface area contributed by atoms with Crippen LogP contribution in [0.1, 0.15) is 26.1 Å². The van der Waals surface area contributed by atoms with Gasteiger partial charge >= 0.3 is 0 Å². The Morgan fingerprint density at radius 2 is 1.84 bits per heavy atom. The maximum atomic E-state index is 4.67. The first kappa shape index (κ1) is 14.2. The summed E-state index contributed by atoms with van der Waals surface area (Å²) in [6.45, 7) is 5.17. The van der Waals surface area contributed by atoms with E-state index in [9.17, 15) is 0 Å². The second-order valence-corrected chi connectivity index (χ2v) is 5.38. The number of rotatable bonds is 5.